The molecule has 0 spiro atoms. The largest absolute Gasteiger partial charge is 0.425 e. The van der Waals surface area contributed by atoms with E-state index in [9.17, 15) is 23.1 Å². The van der Waals surface area contributed by atoms with Gasteiger partial charge in [-0.3, -0.25) is 4.79 Å². The normalized spacial score (nSPS) is 22.5. The Bertz CT molecular complexity index is 558. The first kappa shape index (κ1) is 17.8. The Kier molecular flexibility index (Phi) is 5.03. The molecule has 1 saturated heterocycles. The maximum atomic E-state index is 13.4. The summed E-state index contributed by atoms with van der Waals surface area (Å²) in [5, 5.41) is 10.3. The Labute approximate surface area is 133 Å². The van der Waals surface area contributed by atoms with E-state index in [4.69, 9.17) is 0 Å². The van der Waals surface area contributed by atoms with Gasteiger partial charge in [0.25, 0.3) is 0 Å². The molecule has 1 fully saturated rings. The Morgan fingerprint density at radius 2 is 2.09 bits per heavy atom. The van der Waals surface area contributed by atoms with E-state index < -0.39 is 29.9 Å². The predicted molar refractivity (Wildman–Crippen MR) is 77.4 cm³/mol. The van der Waals surface area contributed by atoms with Crippen LogP contribution < -0.4 is 0 Å². The second kappa shape index (κ2) is 6.51. The molecular weight excluding hydrogens is 311 g/mol. The number of likely N-dealkylation sites (tertiary alicyclic amines) is 1. The fourth-order valence-electron chi connectivity index (χ4n) is 2.91. The first-order chi connectivity index (χ1) is 10.6. The summed E-state index contributed by atoms with van der Waals surface area (Å²) in [6.07, 6.45) is -1.07. The summed E-state index contributed by atoms with van der Waals surface area (Å²) in [4.78, 5) is 17.4. The number of halogens is 3. The SMILES string of the molecule is CC1CCCN(C(=O)CC(O)(c2nccn2C)C(F)(F)F)CC1. The van der Waals surface area contributed by atoms with Crippen LogP contribution in [0.2, 0.25) is 0 Å². The van der Waals surface area contributed by atoms with Crippen molar-refractivity contribution in [1.82, 2.24) is 14.5 Å². The molecule has 0 bridgehead atoms. The number of aryl methyl sites for hydroxylation is 1. The van der Waals surface area contributed by atoms with Gasteiger partial charge < -0.3 is 14.6 Å². The van der Waals surface area contributed by atoms with Gasteiger partial charge in [0.1, 0.15) is 0 Å². The number of rotatable bonds is 3. The van der Waals surface area contributed by atoms with E-state index in [2.05, 4.69) is 11.9 Å². The van der Waals surface area contributed by atoms with Crippen LogP contribution in [0.4, 0.5) is 13.2 Å². The number of carbonyl (C=O) groups is 1. The summed E-state index contributed by atoms with van der Waals surface area (Å²) in [5.41, 5.74) is -3.28. The number of hydrogen-bond donors (Lipinski definition) is 1. The first-order valence-electron chi connectivity index (χ1n) is 7.70. The van der Waals surface area contributed by atoms with Gasteiger partial charge in [0.15, 0.2) is 5.82 Å². The van der Waals surface area contributed by atoms with Crippen molar-refractivity contribution in [2.24, 2.45) is 13.0 Å². The highest BCUT2D eigenvalue weighted by Crippen LogP contribution is 2.41. The van der Waals surface area contributed by atoms with Crippen LogP contribution in [0.25, 0.3) is 0 Å². The van der Waals surface area contributed by atoms with Gasteiger partial charge in [-0.2, -0.15) is 13.2 Å². The summed E-state index contributed by atoms with van der Waals surface area (Å²) in [6.45, 7) is 2.92. The zero-order valence-corrected chi connectivity index (χ0v) is 13.3. The number of aliphatic hydroxyl groups is 1. The van der Waals surface area contributed by atoms with E-state index in [1.807, 2.05) is 0 Å². The van der Waals surface area contributed by atoms with Crippen molar-refractivity contribution in [2.75, 3.05) is 13.1 Å². The number of imidazole rings is 1. The molecule has 2 heterocycles. The lowest BCUT2D eigenvalue weighted by molar-refractivity contribution is -0.272. The van der Waals surface area contributed by atoms with Gasteiger partial charge >= 0.3 is 6.18 Å². The molecule has 1 amide bonds. The molecule has 2 unspecified atom stereocenters. The highest BCUT2D eigenvalue weighted by atomic mass is 19.4. The lowest BCUT2D eigenvalue weighted by atomic mass is 9.96. The summed E-state index contributed by atoms with van der Waals surface area (Å²) in [6, 6.07) is 0. The third kappa shape index (κ3) is 3.68. The topological polar surface area (TPSA) is 58.4 Å². The van der Waals surface area contributed by atoms with Gasteiger partial charge in [-0.25, -0.2) is 4.98 Å². The fourth-order valence-corrected chi connectivity index (χ4v) is 2.91. The average Bonchev–Trinajstić information content (AvgIpc) is 2.75. The van der Waals surface area contributed by atoms with Crippen LogP contribution in [0, 0.1) is 5.92 Å². The zero-order valence-electron chi connectivity index (χ0n) is 13.3. The average molecular weight is 333 g/mol. The molecule has 1 N–H and O–H groups in total. The third-order valence-electron chi connectivity index (χ3n) is 4.44. The molecule has 0 radical (unpaired) electrons. The maximum Gasteiger partial charge on any atom is 0.425 e. The van der Waals surface area contributed by atoms with Crippen molar-refractivity contribution in [3.63, 3.8) is 0 Å². The summed E-state index contributed by atoms with van der Waals surface area (Å²) in [7, 11) is 1.36. The molecule has 0 aromatic carbocycles. The predicted octanol–water partition coefficient (Wildman–Crippen LogP) is 2.21. The molecule has 0 saturated carbocycles. The molecule has 2 rings (SSSR count). The van der Waals surface area contributed by atoms with Gasteiger partial charge in [-0.15, -0.1) is 0 Å². The van der Waals surface area contributed by atoms with Crippen molar-refractivity contribution in [3.8, 4) is 0 Å². The van der Waals surface area contributed by atoms with E-state index in [0.29, 0.717) is 19.0 Å². The van der Waals surface area contributed by atoms with Crippen LogP contribution in [0.15, 0.2) is 12.4 Å². The number of alkyl halides is 3. The van der Waals surface area contributed by atoms with Crippen molar-refractivity contribution in [2.45, 2.75) is 44.4 Å². The minimum Gasteiger partial charge on any atom is -0.374 e. The molecule has 2 atom stereocenters. The van der Waals surface area contributed by atoms with Gasteiger partial charge in [-0.05, 0) is 25.2 Å². The molecular formula is C15H22F3N3O2. The van der Waals surface area contributed by atoms with Crippen molar-refractivity contribution in [3.05, 3.63) is 18.2 Å². The number of carbonyl (C=O) groups excluding carboxylic acids is 1. The molecule has 1 aromatic rings. The molecule has 23 heavy (non-hydrogen) atoms. The number of hydrogen-bond acceptors (Lipinski definition) is 3. The lowest BCUT2D eigenvalue weighted by Gasteiger charge is -2.31. The lowest BCUT2D eigenvalue weighted by Crippen LogP contribution is -2.48. The van der Waals surface area contributed by atoms with E-state index in [0.717, 1.165) is 23.8 Å². The molecule has 0 aliphatic carbocycles. The summed E-state index contributed by atoms with van der Waals surface area (Å²) >= 11 is 0. The van der Waals surface area contributed by atoms with Crippen molar-refractivity contribution in [1.29, 1.82) is 0 Å². The number of amides is 1. The standard InChI is InChI=1S/C15H22F3N3O2/c1-11-4-3-7-21(8-5-11)12(22)10-14(23,15(16,17)18)13-19-6-9-20(13)2/h6,9,11,23H,3-5,7-8,10H2,1-2H3. The third-order valence-corrected chi connectivity index (χ3v) is 4.44. The van der Waals surface area contributed by atoms with Crippen molar-refractivity contribution >= 4 is 5.91 Å². The molecule has 1 aliphatic rings. The van der Waals surface area contributed by atoms with Crippen LogP contribution in [0.3, 0.4) is 0 Å². The quantitative estimate of drug-likeness (QED) is 0.923. The van der Waals surface area contributed by atoms with Crippen LogP contribution in [-0.2, 0) is 17.4 Å². The Hall–Kier alpha value is -1.57. The van der Waals surface area contributed by atoms with E-state index in [1.54, 1.807) is 0 Å². The molecule has 130 valence electrons. The van der Waals surface area contributed by atoms with Crippen molar-refractivity contribution < 1.29 is 23.1 Å². The smallest absolute Gasteiger partial charge is 0.374 e. The van der Waals surface area contributed by atoms with Gasteiger partial charge in [-0.1, -0.05) is 6.92 Å². The minimum atomic E-state index is -4.99. The monoisotopic (exact) mass is 333 g/mol. The molecule has 8 heteroatoms. The number of aromatic nitrogens is 2. The summed E-state index contributed by atoms with van der Waals surface area (Å²) < 4.78 is 41.4. The Morgan fingerprint density at radius 1 is 1.39 bits per heavy atom. The molecule has 5 nitrogen and oxygen atoms in total. The molecule has 1 aliphatic heterocycles. The zero-order chi connectivity index (χ0) is 17.3. The van der Waals surface area contributed by atoms with Crippen LogP contribution in [0.1, 0.15) is 38.4 Å². The number of nitrogens with zero attached hydrogens (tertiary/aromatic N) is 3. The van der Waals surface area contributed by atoms with Crippen LogP contribution in [-0.4, -0.2) is 44.7 Å². The second-order valence-electron chi connectivity index (χ2n) is 6.31. The van der Waals surface area contributed by atoms with Gasteiger partial charge in [0, 0.05) is 32.5 Å². The highest BCUT2D eigenvalue weighted by Gasteiger charge is 2.59. The van der Waals surface area contributed by atoms with Crippen LogP contribution in [0.5, 0.6) is 0 Å². The van der Waals surface area contributed by atoms with E-state index in [1.165, 1.54) is 24.3 Å². The van der Waals surface area contributed by atoms with Gasteiger partial charge in [0.05, 0.1) is 6.42 Å². The fraction of sp³-hybridized carbons (Fsp3) is 0.733. The second-order valence-corrected chi connectivity index (χ2v) is 6.31. The maximum absolute atomic E-state index is 13.4. The van der Waals surface area contributed by atoms with Crippen LogP contribution >= 0.6 is 0 Å². The highest BCUT2D eigenvalue weighted by molar-refractivity contribution is 5.77. The molecule has 1 aromatic heterocycles. The minimum absolute atomic E-state index is 0.425. The first-order valence-corrected chi connectivity index (χ1v) is 7.70. The van der Waals surface area contributed by atoms with E-state index in [-0.39, 0.29) is 0 Å². The Morgan fingerprint density at radius 3 is 2.65 bits per heavy atom. The van der Waals surface area contributed by atoms with Gasteiger partial charge in [0.2, 0.25) is 11.5 Å². The van der Waals surface area contributed by atoms with E-state index >= 15 is 0 Å². The Balaban J connectivity index is 2.22. The summed E-state index contributed by atoms with van der Waals surface area (Å²) in [5.74, 6) is -0.813.